The van der Waals surface area contributed by atoms with E-state index in [2.05, 4.69) is 53.1 Å². The molecule has 1 heterocycles. The summed E-state index contributed by atoms with van der Waals surface area (Å²) in [7, 11) is 0. The van der Waals surface area contributed by atoms with E-state index in [0.29, 0.717) is 6.54 Å². The van der Waals surface area contributed by atoms with E-state index in [9.17, 15) is 0 Å². The molecule has 1 aromatic heterocycles. The number of nitrogens with zero attached hydrogens (tertiary/aromatic N) is 2. The second-order valence-corrected chi connectivity index (χ2v) is 4.99. The summed E-state index contributed by atoms with van der Waals surface area (Å²) in [6.07, 6.45) is 2.77. The van der Waals surface area contributed by atoms with Crippen molar-refractivity contribution in [2.45, 2.75) is 20.3 Å². The molecule has 0 saturated heterocycles. The Balaban J connectivity index is 2.42. The molecular weight excluding hydrogens is 278 g/mol. The van der Waals surface area contributed by atoms with Crippen molar-refractivity contribution in [2.24, 2.45) is 5.73 Å². The summed E-state index contributed by atoms with van der Waals surface area (Å²) in [6.45, 7) is 4.81. The summed E-state index contributed by atoms with van der Waals surface area (Å²) >= 11 is 3.54. The predicted octanol–water partition coefficient (Wildman–Crippen LogP) is 2.75. The normalized spacial score (nSPS) is 10.8. The fourth-order valence-corrected chi connectivity index (χ4v) is 2.18. The maximum atomic E-state index is 5.58. The highest BCUT2D eigenvalue weighted by Gasteiger charge is 2.08. The number of nitrogens with two attached hydrogens (primary N) is 1. The first-order valence-corrected chi connectivity index (χ1v) is 6.43. The molecule has 0 spiro atoms. The van der Waals surface area contributed by atoms with Crippen LogP contribution in [-0.2, 0) is 6.42 Å². The van der Waals surface area contributed by atoms with Crippen LogP contribution in [0.3, 0.4) is 0 Å². The van der Waals surface area contributed by atoms with Crippen LogP contribution in [0.15, 0.2) is 28.9 Å². The molecule has 17 heavy (non-hydrogen) atoms. The van der Waals surface area contributed by atoms with E-state index in [1.807, 2.05) is 10.9 Å². The van der Waals surface area contributed by atoms with Crippen molar-refractivity contribution in [1.82, 2.24) is 9.78 Å². The van der Waals surface area contributed by atoms with Gasteiger partial charge in [-0.3, -0.25) is 0 Å². The van der Waals surface area contributed by atoms with Gasteiger partial charge in [0.25, 0.3) is 0 Å². The highest BCUT2D eigenvalue weighted by Crippen LogP contribution is 2.21. The zero-order chi connectivity index (χ0) is 12.4. The first kappa shape index (κ1) is 12.3. The van der Waals surface area contributed by atoms with Gasteiger partial charge in [0.15, 0.2) is 0 Å². The summed E-state index contributed by atoms with van der Waals surface area (Å²) in [4.78, 5) is 0. The van der Waals surface area contributed by atoms with Gasteiger partial charge >= 0.3 is 0 Å². The zero-order valence-corrected chi connectivity index (χ0v) is 11.7. The van der Waals surface area contributed by atoms with Gasteiger partial charge in [-0.1, -0.05) is 22.0 Å². The van der Waals surface area contributed by atoms with Crippen LogP contribution in [-0.4, -0.2) is 16.3 Å². The number of rotatable bonds is 3. The molecule has 2 rings (SSSR count). The maximum absolute atomic E-state index is 5.58. The molecule has 0 aliphatic rings. The summed E-state index contributed by atoms with van der Waals surface area (Å²) in [5.74, 6) is 0. The van der Waals surface area contributed by atoms with Crippen LogP contribution in [0.1, 0.15) is 16.8 Å². The van der Waals surface area contributed by atoms with Crippen molar-refractivity contribution in [1.29, 1.82) is 0 Å². The van der Waals surface area contributed by atoms with E-state index in [-0.39, 0.29) is 0 Å². The Morgan fingerprint density at radius 2 is 2.12 bits per heavy atom. The van der Waals surface area contributed by atoms with E-state index in [1.54, 1.807) is 0 Å². The molecule has 0 saturated carbocycles. The number of aryl methyl sites for hydroxylation is 1. The Kier molecular flexibility index (Phi) is 3.64. The van der Waals surface area contributed by atoms with Gasteiger partial charge in [-0.05, 0) is 50.1 Å². The number of hydrogen-bond donors (Lipinski definition) is 1. The third-order valence-electron chi connectivity index (χ3n) is 2.93. The molecule has 1 aromatic carbocycles. The minimum Gasteiger partial charge on any atom is -0.330 e. The third-order valence-corrected chi connectivity index (χ3v) is 3.78. The molecule has 2 aromatic rings. The van der Waals surface area contributed by atoms with Crippen LogP contribution in [0.4, 0.5) is 0 Å². The van der Waals surface area contributed by atoms with Crippen molar-refractivity contribution in [3.8, 4) is 5.69 Å². The molecular formula is C13H16BrN3. The summed E-state index contributed by atoms with van der Waals surface area (Å²) in [5, 5.41) is 4.42. The number of aromatic nitrogens is 2. The Labute approximate surface area is 110 Å². The topological polar surface area (TPSA) is 43.8 Å². The summed E-state index contributed by atoms with van der Waals surface area (Å²) in [6, 6.07) is 6.25. The van der Waals surface area contributed by atoms with Crippen molar-refractivity contribution in [3.05, 3.63) is 45.7 Å². The quantitative estimate of drug-likeness (QED) is 0.946. The molecule has 0 aliphatic heterocycles. The van der Waals surface area contributed by atoms with Gasteiger partial charge in [-0.15, -0.1) is 0 Å². The zero-order valence-electron chi connectivity index (χ0n) is 10.1. The lowest BCUT2D eigenvalue weighted by molar-refractivity contribution is 0.840. The molecule has 0 unspecified atom stereocenters. The average Bonchev–Trinajstić information content (AvgIpc) is 2.66. The summed E-state index contributed by atoms with van der Waals surface area (Å²) in [5.41, 5.74) is 10.2. The first-order valence-electron chi connectivity index (χ1n) is 5.63. The lowest BCUT2D eigenvalue weighted by atomic mass is 10.2. The lowest BCUT2D eigenvalue weighted by Gasteiger charge is -2.07. The molecule has 2 N–H and O–H groups in total. The molecule has 0 aliphatic carbocycles. The lowest BCUT2D eigenvalue weighted by Crippen LogP contribution is -2.04. The van der Waals surface area contributed by atoms with Gasteiger partial charge in [-0.2, -0.15) is 5.10 Å². The van der Waals surface area contributed by atoms with Crippen LogP contribution in [0.5, 0.6) is 0 Å². The number of benzene rings is 1. The van der Waals surface area contributed by atoms with E-state index < -0.39 is 0 Å². The van der Waals surface area contributed by atoms with Crippen molar-refractivity contribution < 1.29 is 0 Å². The standard InChI is InChI=1S/C13H16BrN3/c1-9-3-4-12(7-13(9)14)17-10(2)11(5-6-15)8-16-17/h3-4,7-8H,5-6,15H2,1-2H3. The van der Waals surface area contributed by atoms with E-state index in [0.717, 1.165) is 22.3 Å². The van der Waals surface area contributed by atoms with Gasteiger partial charge in [0, 0.05) is 10.2 Å². The molecule has 0 fully saturated rings. The largest absolute Gasteiger partial charge is 0.330 e. The number of halogens is 1. The van der Waals surface area contributed by atoms with Crippen LogP contribution >= 0.6 is 15.9 Å². The SMILES string of the molecule is Cc1ccc(-n2ncc(CCN)c2C)cc1Br. The van der Waals surface area contributed by atoms with Gasteiger partial charge in [-0.25, -0.2) is 4.68 Å². The minimum absolute atomic E-state index is 0.657. The summed E-state index contributed by atoms with van der Waals surface area (Å²) < 4.78 is 3.06. The second-order valence-electron chi connectivity index (χ2n) is 4.14. The van der Waals surface area contributed by atoms with Gasteiger partial charge in [0.1, 0.15) is 0 Å². The Hall–Kier alpha value is -1.13. The van der Waals surface area contributed by atoms with Crippen LogP contribution in [0.2, 0.25) is 0 Å². The Morgan fingerprint density at radius 3 is 2.76 bits per heavy atom. The fourth-order valence-electron chi connectivity index (χ4n) is 1.82. The molecule has 0 atom stereocenters. The second kappa shape index (κ2) is 5.02. The highest BCUT2D eigenvalue weighted by atomic mass is 79.9. The predicted molar refractivity (Wildman–Crippen MR) is 73.5 cm³/mol. The van der Waals surface area contributed by atoms with Gasteiger partial charge < -0.3 is 5.73 Å². The molecule has 90 valence electrons. The Bertz CT molecular complexity index is 531. The van der Waals surface area contributed by atoms with Crippen molar-refractivity contribution in [2.75, 3.05) is 6.54 Å². The minimum atomic E-state index is 0.657. The van der Waals surface area contributed by atoms with E-state index >= 15 is 0 Å². The van der Waals surface area contributed by atoms with E-state index in [4.69, 9.17) is 5.73 Å². The van der Waals surface area contributed by atoms with E-state index in [1.165, 1.54) is 11.1 Å². The van der Waals surface area contributed by atoms with Gasteiger partial charge in [0.05, 0.1) is 11.9 Å². The van der Waals surface area contributed by atoms with Gasteiger partial charge in [0.2, 0.25) is 0 Å². The average molecular weight is 294 g/mol. The maximum Gasteiger partial charge on any atom is 0.0660 e. The first-order chi connectivity index (χ1) is 8.13. The van der Waals surface area contributed by atoms with Crippen LogP contribution in [0, 0.1) is 13.8 Å². The molecule has 3 nitrogen and oxygen atoms in total. The molecule has 0 bridgehead atoms. The Morgan fingerprint density at radius 1 is 1.35 bits per heavy atom. The number of hydrogen-bond acceptors (Lipinski definition) is 2. The third kappa shape index (κ3) is 2.42. The molecule has 0 radical (unpaired) electrons. The highest BCUT2D eigenvalue weighted by molar-refractivity contribution is 9.10. The van der Waals surface area contributed by atoms with Crippen LogP contribution in [0.25, 0.3) is 5.69 Å². The van der Waals surface area contributed by atoms with Crippen molar-refractivity contribution in [3.63, 3.8) is 0 Å². The molecule has 0 amide bonds. The monoisotopic (exact) mass is 293 g/mol. The van der Waals surface area contributed by atoms with Crippen molar-refractivity contribution >= 4 is 15.9 Å². The molecule has 4 heteroatoms. The fraction of sp³-hybridized carbons (Fsp3) is 0.308. The van der Waals surface area contributed by atoms with Crippen LogP contribution < -0.4 is 5.73 Å². The smallest absolute Gasteiger partial charge is 0.0660 e.